The molecular formula is C16H12N2O3. The van der Waals surface area contributed by atoms with Crippen LogP contribution < -0.4 is 4.90 Å². The number of anilines is 1. The number of rotatable bonds is 1. The van der Waals surface area contributed by atoms with Crippen molar-refractivity contribution in [1.82, 2.24) is 0 Å². The molecule has 104 valence electrons. The minimum atomic E-state index is -0.710. The number of ether oxygens (including phenoxy) is 1. The molecule has 21 heavy (non-hydrogen) atoms. The summed E-state index contributed by atoms with van der Waals surface area (Å²) in [6.07, 6.45) is 3.38. The van der Waals surface area contributed by atoms with Gasteiger partial charge < -0.3 is 4.74 Å². The molecule has 3 heterocycles. The number of benzene rings is 1. The molecule has 0 spiro atoms. The average molecular weight is 280 g/mol. The molecule has 0 N–H and O–H groups in total. The molecular weight excluding hydrogens is 268 g/mol. The van der Waals surface area contributed by atoms with E-state index < -0.39 is 17.4 Å². The van der Waals surface area contributed by atoms with Crippen molar-refractivity contribution in [2.45, 2.75) is 18.6 Å². The molecule has 3 aliphatic heterocycles. The van der Waals surface area contributed by atoms with Gasteiger partial charge in [-0.25, -0.2) is 4.90 Å². The van der Waals surface area contributed by atoms with E-state index in [2.05, 4.69) is 0 Å². The smallest absolute Gasteiger partial charge is 0.241 e. The van der Waals surface area contributed by atoms with E-state index in [1.54, 1.807) is 24.3 Å². The molecule has 0 radical (unpaired) electrons. The third-order valence-corrected chi connectivity index (χ3v) is 4.59. The van der Waals surface area contributed by atoms with Crippen LogP contribution in [0, 0.1) is 23.2 Å². The monoisotopic (exact) mass is 280 g/mol. The lowest BCUT2D eigenvalue weighted by atomic mass is 9.78. The first-order chi connectivity index (χ1) is 10.1. The van der Waals surface area contributed by atoms with Gasteiger partial charge in [-0.05, 0) is 19.1 Å². The molecule has 1 aromatic carbocycles. The Morgan fingerprint density at radius 2 is 2.05 bits per heavy atom. The summed E-state index contributed by atoms with van der Waals surface area (Å²) in [5, 5.41) is 9.18. The van der Waals surface area contributed by atoms with E-state index >= 15 is 0 Å². The van der Waals surface area contributed by atoms with Gasteiger partial charge in [-0.2, -0.15) is 5.26 Å². The number of nitrogens with zero attached hydrogens (tertiary/aromatic N) is 2. The standard InChI is InChI=1S/C16H12N2O3/c1-16-7-6-11(21-16)12-13(16)15(20)18(14(12)19)10-5-3-2-4-9(10)8-17/h2-7,11-13H,1H3/t11-,12-,13+,16+/m1/s1. The lowest BCUT2D eigenvalue weighted by Crippen LogP contribution is -2.38. The Kier molecular flexibility index (Phi) is 2.23. The van der Waals surface area contributed by atoms with Gasteiger partial charge in [0.2, 0.25) is 11.8 Å². The van der Waals surface area contributed by atoms with Crippen molar-refractivity contribution in [3.63, 3.8) is 0 Å². The Morgan fingerprint density at radius 3 is 2.76 bits per heavy atom. The molecule has 2 bridgehead atoms. The summed E-state index contributed by atoms with van der Waals surface area (Å²) in [6, 6.07) is 8.70. The van der Waals surface area contributed by atoms with E-state index in [-0.39, 0.29) is 17.9 Å². The number of nitriles is 1. The molecule has 0 aromatic heterocycles. The van der Waals surface area contributed by atoms with E-state index in [4.69, 9.17) is 4.74 Å². The van der Waals surface area contributed by atoms with Gasteiger partial charge in [0.15, 0.2) is 0 Å². The van der Waals surface area contributed by atoms with Gasteiger partial charge in [-0.1, -0.05) is 24.3 Å². The van der Waals surface area contributed by atoms with Crippen LogP contribution in [0.5, 0.6) is 0 Å². The molecule has 1 aromatic rings. The van der Waals surface area contributed by atoms with Gasteiger partial charge in [-0.3, -0.25) is 9.59 Å². The van der Waals surface area contributed by atoms with Crippen LogP contribution in [0.1, 0.15) is 12.5 Å². The van der Waals surface area contributed by atoms with Crippen molar-refractivity contribution in [3.8, 4) is 6.07 Å². The number of para-hydroxylation sites is 1. The van der Waals surface area contributed by atoms with Gasteiger partial charge in [0.1, 0.15) is 6.07 Å². The number of amides is 2. The minimum absolute atomic E-state index is 0.272. The average Bonchev–Trinajstić information content (AvgIpc) is 3.08. The van der Waals surface area contributed by atoms with E-state index in [0.29, 0.717) is 11.3 Å². The minimum Gasteiger partial charge on any atom is -0.362 e. The fourth-order valence-electron chi connectivity index (χ4n) is 3.65. The van der Waals surface area contributed by atoms with E-state index in [0.717, 1.165) is 4.90 Å². The Labute approximate surface area is 121 Å². The van der Waals surface area contributed by atoms with Gasteiger partial charge in [0.25, 0.3) is 0 Å². The molecule has 2 amide bonds. The van der Waals surface area contributed by atoms with Crippen LogP contribution >= 0.6 is 0 Å². The molecule has 0 aliphatic carbocycles. The first kappa shape index (κ1) is 12.3. The second-order valence-corrected chi connectivity index (χ2v) is 5.77. The predicted molar refractivity (Wildman–Crippen MR) is 73.0 cm³/mol. The summed E-state index contributed by atoms with van der Waals surface area (Å²) < 4.78 is 5.76. The lowest BCUT2D eigenvalue weighted by molar-refractivity contribution is -0.126. The topological polar surface area (TPSA) is 70.4 Å². The fraction of sp³-hybridized carbons (Fsp3) is 0.312. The van der Waals surface area contributed by atoms with Crippen LogP contribution in [-0.2, 0) is 14.3 Å². The van der Waals surface area contributed by atoms with Crippen LogP contribution in [0.25, 0.3) is 0 Å². The van der Waals surface area contributed by atoms with Crippen molar-refractivity contribution in [2.75, 3.05) is 4.90 Å². The Balaban J connectivity index is 1.83. The molecule has 2 saturated heterocycles. The maximum atomic E-state index is 12.7. The number of carbonyl (C=O) groups excluding carboxylic acids is 2. The second kappa shape index (κ2) is 3.80. The molecule has 5 heteroatoms. The maximum absolute atomic E-state index is 12.7. The Morgan fingerprint density at radius 1 is 1.29 bits per heavy atom. The molecule has 5 nitrogen and oxygen atoms in total. The van der Waals surface area contributed by atoms with Crippen molar-refractivity contribution < 1.29 is 14.3 Å². The highest BCUT2D eigenvalue weighted by atomic mass is 16.5. The summed E-state index contributed by atoms with van der Waals surface area (Å²) in [6.45, 7) is 1.83. The number of imide groups is 1. The fourth-order valence-corrected chi connectivity index (χ4v) is 3.65. The van der Waals surface area contributed by atoms with Gasteiger partial charge in [-0.15, -0.1) is 0 Å². The molecule has 0 saturated carbocycles. The van der Waals surface area contributed by atoms with Crippen molar-refractivity contribution in [1.29, 1.82) is 5.26 Å². The van der Waals surface area contributed by atoms with Crippen molar-refractivity contribution in [2.24, 2.45) is 11.8 Å². The van der Waals surface area contributed by atoms with Crippen LogP contribution in [0.3, 0.4) is 0 Å². The SMILES string of the molecule is C[C@@]12C=C[C@@H](O1)[C@H]1C(=O)N(c3ccccc3C#N)C(=O)[C@H]12. The quantitative estimate of drug-likeness (QED) is 0.576. The van der Waals surface area contributed by atoms with E-state index in [1.807, 2.05) is 25.1 Å². The van der Waals surface area contributed by atoms with Crippen molar-refractivity contribution in [3.05, 3.63) is 42.0 Å². The highest BCUT2D eigenvalue weighted by molar-refractivity contribution is 6.23. The normalized spacial score (nSPS) is 36.2. The Bertz CT molecular complexity index is 748. The molecule has 0 unspecified atom stereocenters. The largest absolute Gasteiger partial charge is 0.362 e. The second-order valence-electron chi connectivity index (χ2n) is 5.77. The third kappa shape index (κ3) is 1.38. The number of hydrogen-bond donors (Lipinski definition) is 0. The van der Waals surface area contributed by atoms with Crippen LogP contribution in [0.4, 0.5) is 5.69 Å². The first-order valence-corrected chi connectivity index (χ1v) is 6.81. The zero-order valence-electron chi connectivity index (χ0n) is 11.3. The van der Waals surface area contributed by atoms with E-state index in [1.165, 1.54) is 0 Å². The zero-order chi connectivity index (χ0) is 14.8. The number of carbonyl (C=O) groups is 2. The summed E-state index contributed by atoms with van der Waals surface area (Å²) in [5.74, 6) is -1.51. The highest BCUT2D eigenvalue weighted by Crippen LogP contribution is 2.52. The van der Waals surface area contributed by atoms with Crippen LogP contribution in [0.15, 0.2) is 36.4 Å². The third-order valence-electron chi connectivity index (χ3n) is 4.59. The Hall–Kier alpha value is -2.45. The van der Waals surface area contributed by atoms with Gasteiger partial charge in [0.05, 0.1) is 34.8 Å². The molecule has 4 atom stereocenters. The highest BCUT2D eigenvalue weighted by Gasteiger charge is 2.66. The molecule has 3 aliphatic rings. The predicted octanol–water partition coefficient (Wildman–Crippen LogP) is 1.39. The summed E-state index contributed by atoms with van der Waals surface area (Å²) >= 11 is 0. The first-order valence-electron chi connectivity index (χ1n) is 6.81. The summed E-state index contributed by atoms with van der Waals surface area (Å²) in [4.78, 5) is 26.6. The van der Waals surface area contributed by atoms with E-state index in [9.17, 15) is 14.9 Å². The molecule has 4 rings (SSSR count). The zero-order valence-corrected chi connectivity index (χ0v) is 11.3. The van der Waals surface area contributed by atoms with Crippen molar-refractivity contribution >= 4 is 17.5 Å². The number of fused-ring (bicyclic) bond motifs is 5. The number of hydrogen-bond acceptors (Lipinski definition) is 4. The maximum Gasteiger partial charge on any atom is 0.241 e. The lowest BCUT2D eigenvalue weighted by Gasteiger charge is -2.24. The van der Waals surface area contributed by atoms with Crippen LogP contribution in [0.2, 0.25) is 0 Å². The van der Waals surface area contributed by atoms with Crippen LogP contribution in [-0.4, -0.2) is 23.5 Å². The van der Waals surface area contributed by atoms with Gasteiger partial charge in [0, 0.05) is 0 Å². The van der Waals surface area contributed by atoms with Gasteiger partial charge >= 0.3 is 0 Å². The summed E-state index contributed by atoms with van der Waals surface area (Å²) in [5.41, 5.74) is -0.0174. The summed E-state index contributed by atoms with van der Waals surface area (Å²) in [7, 11) is 0. The molecule has 2 fully saturated rings.